The summed E-state index contributed by atoms with van der Waals surface area (Å²) in [6.07, 6.45) is 5.77. The van der Waals surface area contributed by atoms with E-state index in [0.29, 0.717) is 17.8 Å². The minimum atomic E-state index is -0.706. The number of aryl methyl sites for hydroxylation is 1. The van der Waals surface area contributed by atoms with Gasteiger partial charge < -0.3 is 5.11 Å². The Balaban J connectivity index is 1.56. The van der Waals surface area contributed by atoms with Crippen LogP contribution < -0.4 is 0 Å². The van der Waals surface area contributed by atoms with Gasteiger partial charge in [0.1, 0.15) is 16.8 Å². The average molecular weight is 414 g/mol. The highest BCUT2D eigenvalue weighted by Crippen LogP contribution is 2.33. The topological polar surface area (TPSA) is 103 Å². The van der Waals surface area contributed by atoms with Gasteiger partial charge in [0, 0.05) is 35.0 Å². The Morgan fingerprint density at radius 1 is 1.23 bits per heavy atom. The summed E-state index contributed by atoms with van der Waals surface area (Å²) in [5, 5.41) is 26.7. The van der Waals surface area contributed by atoms with Gasteiger partial charge in [-0.1, -0.05) is 6.07 Å². The summed E-state index contributed by atoms with van der Waals surface area (Å²) in [6, 6.07) is 12.2. The molecule has 0 aliphatic heterocycles. The van der Waals surface area contributed by atoms with Crippen LogP contribution in [0.5, 0.6) is 0 Å². The summed E-state index contributed by atoms with van der Waals surface area (Å²) in [6.45, 7) is 2.00. The van der Waals surface area contributed by atoms with Crippen molar-refractivity contribution in [2.24, 2.45) is 0 Å². The van der Waals surface area contributed by atoms with Crippen molar-refractivity contribution < 1.29 is 5.11 Å². The number of aliphatic hydroxyl groups is 1. The summed E-state index contributed by atoms with van der Waals surface area (Å²) in [5.41, 5.74) is 6.86. The van der Waals surface area contributed by atoms with Gasteiger partial charge in [0.25, 0.3) is 0 Å². The van der Waals surface area contributed by atoms with Gasteiger partial charge in [0.15, 0.2) is 0 Å². The van der Waals surface area contributed by atoms with Crippen LogP contribution in [-0.2, 0) is 0 Å². The van der Waals surface area contributed by atoms with Crippen molar-refractivity contribution in [1.82, 2.24) is 24.6 Å². The van der Waals surface area contributed by atoms with Gasteiger partial charge in [-0.25, -0.2) is 9.97 Å². The van der Waals surface area contributed by atoms with Crippen LogP contribution in [0.4, 0.5) is 0 Å². The molecule has 5 rings (SSSR count). The highest BCUT2D eigenvalue weighted by Gasteiger charge is 2.15. The van der Waals surface area contributed by atoms with Crippen LogP contribution in [0.3, 0.4) is 0 Å². The molecule has 0 bridgehead atoms. The van der Waals surface area contributed by atoms with Crippen LogP contribution in [0.15, 0.2) is 48.9 Å². The predicted octanol–water partition coefficient (Wildman–Crippen LogP) is 4.65. The number of aromatic amines is 1. The maximum absolute atomic E-state index is 10.3. The summed E-state index contributed by atoms with van der Waals surface area (Å²) in [7, 11) is 0. The van der Waals surface area contributed by atoms with Gasteiger partial charge in [-0.05, 0) is 37.6 Å². The van der Waals surface area contributed by atoms with Crippen LogP contribution in [0, 0.1) is 18.3 Å². The number of thiazole rings is 1. The quantitative estimate of drug-likeness (QED) is 0.436. The van der Waals surface area contributed by atoms with E-state index in [9.17, 15) is 5.11 Å². The Morgan fingerprint density at radius 3 is 2.90 bits per heavy atom. The lowest BCUT2D eigenvalue weighted by atomic mass is 10.1. The van der Waals surface area contributed by atoms with Crippen molar-refractivity contribution in [1.29, 1.82) is 5.26 Å². The minimum absolute atomic E-state index is 0.308. The van der Waals surface area contributed by atoms with Crippen molar-refractivity contribution in [3.8, 4) is 28.5 Å². The Labute approximate surface area is 176 Å². The standard InChI is InChI=1S/C22H18N6OS/c1-13-16(10-25-27-13)15-5-7-21-24-11-18(28(21)12-15)14-4-6-17-20(9-14)30-22(26-17)19(29)3-2-8-23/h4-7,9-12,19,29H,2-3H2,1H3,(H,25,27)/t19-/m0/s1. The highest BCUT2D eigenvalue weighted by atomic mass is 32.1. The van der Waals surface area contributed by atoms with Gasteiger partial charge in [-0.15, -0.1) is 11.3 Å². The van der Waals surface area contributed by atoms with Gasteiger partial charge in [-0.3, -0.25) is 9.50 Å². The molecule has 0 saturated carbocycles. The molecule has 8 heteroatoms. The molecule has 0 fully saturated rings. The number of fused-ring (bicyclic) bond motifs is 2. The van der Waals surface area contributed by atoms with E-state index < -0.39 is 6.10 Å². The molecule has 0 radical (unpaired) electrons. The number of imidazole rings is 1. The summed E-state index contributed by atoms with van der Waals surface area (Å²) in [5.74, 6) is 0. The number of nitrogens with one attached hydrogen (secondary N) is 1. The number of benzene rings is 1. The van der Waals surface area contributed by atoms with Gasteiger partial charge in [0.2, 0.25) is 0 Å². The Morgan fingerprint density at radius 2 is 2.10 bits per heavy atom. The van der Waals surface area contributed by atoms with Crippen LogP contribution in [-0.4, -0.2) is 29.7 Å². The van der Waals surface area contributed by atoms with Crippen molar-refractivity contribution in [3.63, 3.8) is 0 Å². The number of nitrogens with zero attached hydrogens (tertiary/aromatic N) is 5. The molecular weight excluding hydrogens is 396 g/mol. The third-order valence-corrected chi connectivity index (χ3v) is 6.28. The van der Waals surface area contributed by atoms with E-state index in [-0.39, 0.29) is 0 Å². The Bertz CT molecular complexity index is 1410. The number of aliphatic hydroxyl groups excluding tert-OH is 1. The van der Waals surface area contributed by atoms with Crippen LogP contribution >= 0.6 is 11.3 Å². The predicted molar refractivity (Wildman–Crippen MR) is 116 cm³/mol. The zero-order valence-electron chi connectivity index (χ0n) is 16.2. The number of H-pyrrole nitrogens is 1. The molecule has 0 unspecified atom stereocenters. The van der Waals surface area contributed by atoms with E-state index in [0.717, 1.165) is 43.9 Å². The third kappa shape index (κ3) is 3.14. The average Bonchev–Trinajstić information content (AvgIpc) is 3.48. The fourth-order valence-corrected chi connectivity index (χ4v) is 4.59. The van der Waals surface area contributed by atoms with E-state index in [1.165, 1.54) is 11.3 Å². The lowest BCUT2D eigenvalue weighted by Crippen LogP contribution is -1.95. The number of hydrogen-bond acceptors (Lipinski definition) is 6. The van der Waals surface area contributed by atoms with E-state index in [1.807, 2.05) is 43.6 Å². The Hall–Kier alpha value is -3.54. The zero-order chi connectivity index (χ0) is 20.7. The first-order valence-electron chi connectivity index (χ1n) is 9.57. The number of hydrogen-bond donors (Lipinski definition) is 2. The van der Waals surface area contributed by atoms with Crippen molar-refractivity contribution in [3.05, 3.63) is 59.6 Å². The second-order valence-electron chi connectivity index (χ2n) is 7.15. The molecule has 4 aromatic heterocycles. The maximum atomic E-state index is 10.3. The molecule has 0 aliphatic rings. The molecule has 30 heavy (non-hydrogen) atoms. The van der Waals surface area contributed by atoms with Crippen LogP contribution in [0.25, 0.3) is 38.2 Å². The molecule has 4 heterocycles. The van der Waals surface area contributed by atoms with E-state index in [1.54, 1.807) is 0 Å². The minimum Gasteiger partial charge on any atom is -0.386 e. The molecule has 1 atom stereocenters. The van der Waals surface area contributed by atoms with Crippen molar-refractivity contribution in [2.75, 3.05) is 0 Å². The lowest BCUT2D eigenvalue weighted by molar-refractivity contribution is 0.169. The number of rotatable bonds is 5. The molecule has 0 amide bonds. The van der Waals surface area contributed by atoms with Gasteiger partial charge in [-0.2, -0.15) is 10.4 Å². The molecular formula is C22H18N6OS. The third-order valence-electron chi connectivity index (χ3n) is 5.16. The Kier molecular flexibility index (Phi) is 4.54. The monoisotopic (exact) mass is 414 g/mol. The summed E-state index contributed by atoms with van der Waals surface area (Å²) >= 11 is 1.46. The molecule has 5 aromatic rings. The number of aromatic nitrogens is 5. The number of nitriles is 1. The first-order chi connectivity index (χ1) is 14.6. The second-order valence-corrected chi connectivity index (χ2v) is 8.21. The van der Waals surface area contributed by atoms with Crippen LogP contribution in [0.1, 0.15) is 29.6 Å². The SMILES string of the molecule is Cc1[nH]ncc1-c1ccc2ncc(-c3ccc4nc([C@@H](O)CCC#N)sc4c3)n2c1. The molecule has 0 spiro atoms. The molecule has 148 valence electrons. The van der Waals surface area contributed by atoms with E-state index in [2.05, 4.69) is 42.9 Å². The van der Waals surface area contributed by atoms with E-state index in [4.69, 9.17) is 5.26 Å². The fourth-order valence-electron chi connectivity index (χ4n) is 3.56. The molecule has 7 nitrogen and oxygen atoms in total. The second kappa shape index (κ2) is 7.37. The van der Waals surface area contributed by atoms with Crippen molar-refractivity contribution >= 4 is 27.2 Å². The highest BCUT2D eigenvalue weighted by molar-refractivity contribution is 7.18. The largest absolute Gasteiger partial charge is 0.386 e. The molecule has 0 aliphatic carbocycles. The zero-order valence-corrected chi connectivity index (χ0v) is 17.0. The lowest BCUT2D eigenvalue weighted by Gasteiger charge is -2.05. The number of pyridine rings is 1. The normalized spacial score (nSPS) is 12.4. The molecule has 0 saturated heterocycles. The van der Waals surface area contributed by atoms with Gasteiger partial charge in [0.05, 0.1) is 34.4 Å². The van der Waals surface area contributed by atoms with Crippen LogP contribution in [0.2, 0.25) is 0 Å². The van der Waals surface area contributed by atoms with Crippen molar-refractivity contribution in [2.45, 2.75) is 25.9 Å². The first-order valence-corrected chi connectivity index (χ1v) is 10.4. The van der Waals surface area contributed by atoms with Gasteiger partial charge >= 0.3 is 0 Å². The molecule has 1 aromatic carbocycles. The molecule has 2 N–H and O–H groups in total. The maximum Gasteiger partial charge on any atom is 0.137 e. The summed E-state index contributed by atoms with van der Waals surface area (Å²) < 4.78 is 3.07. The fraction of sp³-hybridized carbons (Fsp3) is 0.182. The smallest absolute Gasteiger partial charge is 0.137 e. The van der Waals surface area contributed by atoms with E-state index >= 15 is 0 Å². The first kappa shape index (κ1) is 18.5. The summed E-state index contributed by atoms with van der Waals surface area (Å²) in [4.78, 5) is 9.08.